The molecule has 0 spiro atoms. The van der Waals surface area contributed by atoms with Gasteiger partial charge in [0.2, 0.25) is 5.91 Å². The smallest absolute Gasteiger partial charge is 0.247 e. The number of rotatable bonds is 3. The summed E-state index contributed by atoms with van der Waals surface area (Å²) in [7, 11) is 0. The number of hydrogen-bond donors (Lipinski definition) is 0. The fraction of sp³-hybridized carbons (Fsp3) is 0.318. The summed E-state index contributed by atoms with van der Waals surface area (Å²) < 4.78 is 11.3. The minimum atomic E-state index is 0.0608. The molecule has 4 rings (SSSR count). The van der Waals surface area contributed by atoms with E-state index in [0.717, 1.165) is 42.0 Å². The third-order valence-corrected chi connectivity index (χ3v) is 5.08. The Balaban J connectivity index is 1.53. The predicted molar refractivity (Wildman–Crippen MR) is 101 cm³/mol. The lowest BCUT2D eigenvalue weighted by Crippen LogP contribution is -2.29. The molecule has 0 aliphatic carbocycles. The SMILES string of the molecule is Cc1ccccc1/C=C/C(=O)N1CCCC1c1ccc2c(c1)OCCO2. The van der Waals surface area contributed by atoms with Gasteiger partial charge < -0.3 is 14.4 Å². The van der Waals surface area contributed by atoms with Crippen molar-refractivity contribution in [3.8, 4) is 11.5 Å². The van der Waals surface area contributed by atoms with E-state index in [9.17, 15) is 4.79 Å². The molecular formula is C22H23NO3. The summed E-state index contributed by atoms with van der Waals surface area (Å²) in [5.74, 6) is 1.63. The highest BCUT2D eigenvalue weighted by atomic mass is 16.6. The molecule has 1 amide bonds. The Kier molecular flexibility index (Phi) is 4.65. The monoisotopic (exact) mass is 349 g/mol. The standard InChI is InChI=1S/C22H23NO3/c1-16-5-2-3-6-17(16)9-11-22(24)23-12-4-7-19(23)18-8-10-20-21(15-18)26-14-13-25-20/h2-3,5-6,8-11,15,19H,4,7,12-14H2,1H3/b11-9+. The average Bonchev–Trinajstić information content (AvgIpc) is 3.17. The van der Waals surface area contributed by atoms with Gasteiger partial charge >= 0.3 is 0 Å². The molecule has 2 aliphatic heterocycles. The van der Waals surface area contributed by atoms with Crippen LogP contribution in [0.25, 0.3) is 6.08 Å². The van der Waals surface area contributed by atoms with Crippen molar-refractivity contribution < 1.29 is 14.3 Å². The van der Waals surface area contributed by atoms with Gasteiger partial charge in [0, 0.05) is 12.6 Å². The molecule has 0 N–H and O–H groups in total. The summed E-state index contributed by atoms with van der Waals surface area (Å²) in [6.45, 7) is 4.00. The summed E-state index contributed by atoms with van der Waals surface area (Å²) in [6.07, 6.45) is 5.60. The summed E-state index contributed by atoms with van der Waals surface area (Å²) in [5.41, 5.74) is 3.36. The first-order chi connectivity index (χ1) is 12.7. The Labute approximate surface area is 154 Å². The molecule has 1 atom stereocenters. The van der Waals surface area contributed by atoms with Crippen LogP contribution in [0.3, 0.4) is 0 Å². The van der Waals surface area contributed by atoms with E-state index in [0.29, 0.717) is 13.2 Å². The van der Waals surface area contributed by atoms with E-state index >= 15 is 0 Å². The molecule has 0 radical (unpaired) electrons. The summed E-state index contributed by atoms with van der Waals surface area (Å²) in [4.78, 5) is 14.7. The number of nitrogens with zero attached hydrogens (tertiary/aromatic N) is 1. The van der Waals surface area contributed by atoms with Crippen LogP contribution in [0.1, 0.15) is 35.6 Å². The van der Waals surface area contributed by atoms with E-state index in [1.165, 1.54) is 5.56 Å². The van der Waals surface area contributed by atoms with Crippen LogP contribution in [0.4, 0.5) is 0 Å². The first-order valence-electron chi connectivity index (χ1n) is 9.16. The third kappa shape index (κ3) is 3.32. The van der Waals surface area contributed by atoms with Gasteiger partial charge in [-0.1, -0.05) is 30.3 Å². The van der Waals surface area contributed by atoms with Gasteiger partial charge in [0.1, 0.15) is 13.2 Å². The highest BCUT2D eigenvalue weighted by molar-refractivity contribution is 5.92. The summed E-state index contributed by atoms with van der Waals surface area (Å²) in [5, 5.41) is 0. The number of hydrogen-bond acceptors (Lipinski definition) is 3. The average molecular weight is 349 g/mol. The molecule has 2 aromatic rings. The van der Waals surface area contributed by atoms with Crippen LogP contribution >= 0.6 is 0 Å². The van der Waals surface area contributed by atoms with E-state index in [4.69, 9.17) is 9.47 Å². The molecule has 26 heavy (non-hydrogen) atoms. The van der Waals surface area contributed by atoms with Crippen molar-refractivity contribution in [1.29, 1.82) is 0 Å². The second-order valence-electron chi connectivity index (χ2n) is 6.78. The number of ether oxygens (including phenoxy) is 2. The number of fused-ring (bicyclic) bond motifs is 1. The van der Waals surface area contributed by atoms with Gasteiger partial charge in [0.05, 0.1) is 6.04 Å². The summed E-state index contributed by atoms with van der Waals surface area (Å²) >= 11 is 0. The molecule has 1 fully saturated rings. The number of carbonyl (C=O) groups excluding carboxylic acids is 1. The molecule has 134 valence electrons. The number of carbonyl (C=O) groups is 1. The largest absolute Gasteiger partial charge is 0.486 e. The molecule has 1 saturated heterocycles. The zero-order valence-corrected chi connectivity index (χ0v) is 15.0. The highest BCUT2D eigenvalue weighted by Crippen LogP contribution is 2.38. The van der Waals surface area contributed by atoms with Crippen LogP contribution in [0, 0.1) is 6.92 Å². The van der Waals surface area contributed by atoms with Crippen molar-refractivity contribution >= 4 is 12.0 Å². The van der Waals surface area contributed by atoms with Gasteiger partial charge in [-0.2, -0.15) is 0 Å². The maximum atomic E-state index is 12.8. The number of benzene rings is 2. The first-order valence-corrected chi connectivity index (χ1v) is 9.16. The van der Waals surface area contributed by atoms with Crippen molar-refractivity contribution in [2.75, 3.05) is 19.8 Å². The fourth-order valence-corrected chi connectivity index (χ4v) is 3.67. The van der Waals surface area contributed by atoms with E-state index in [1.807, 2.05) is 41.3 Å². The lowest BCUT2D eigenvalue weighted by molar-refractivity contribution is -0.126. The normalized spacial score (nSPS) is 19.1. The van der Waals surface area contributed by atoms with Gasteiger partial charge in [-0.3, -0.25) is 4.79 Å². The zero-order valence-electron chi connectivity index (χ0n) is 15.0. The number of likely N-dealkylation sites (tertiary alicyclic amines) is 1. The van der Waals surface area contributed by atoms with Crippen molar-refractivity contribution in [1.82, 2.24) is 4.90 Å². The first kappa shape index (κ1) is 16.7. The fourth-order valence-electron chi connectivity index (χ4n) is 3.67. The summed E-state index contributed by atoms with van der Waals surface area (Å²) in [6, 6.07) is 14.2. The van der Waals surface area contributed by atoms with Crippen molar-refractivity contribution in [2.24, 2.45) is 0 Å². The van der Waals surface area contributed by atoms with Gasteiger partial charge in [-0.25, -0.2) is 0 Å². The maximum absolute atomic E-state index is 12.8. The number of amides is 1. The molecule has 2 heterocycles. The van der Waals surface area contributed by atoms with Crippen LogP contribution in [0.5, 0.6) is 11.5 Å². The molecule has 4 nitrogen and oxygen atoms in total. The van der Waals surface area contributed by atoms with Gasteiger partial charge in [-0.05, 0) is 54.7 Å². The molecule has 4 heteroatoms. The third-order valence-electron chi connectivity index (χ3n) is 5.08. The van der Waals surface area contributed by atoms with E-state index < -0.39 is 0 Å². The highest BCUT2D eigenvalue weighted by Gasteiger charge is 2.29. The lowest BCUT2D eigenvalue weighted by atomic mass is 10.0. The zero-order chi connectivity index (χ0) is 17.9. The molecule has 0 aromatic heterocycles. The second kappa shape index (κ2) is 7.24. The van der Waals surface area contributed by atoms with Gasteiger partial charge in [-0.15, -0.1) is 0 Å². The van der Waals surface area contributed by atoms with Gasteiger partial charge in [0.15, 0.2) is 11.5 Å². The van der Waals surface area contributed by atoms with Crippen molar-refractivity contribution in [3.05, 3.63) is 65.2 Å². The van der Waals surface area contributed by atoms with E-state index in [2.05, 4.69) is 19.1 Å². The predicted octanol–water partition coefficient (Wildman–Crippen LogP) is 4.14. The topological polar surface area (TPSA) is 38.8 Å². The Hall–Kier alpha value is -2.75. The molecule has 2 aromatic carbocycles. The minimum Gasteiger partial charge on any atom is -0.486 e. The van der Waals surface area contributed by atoms with Gasteiger partial charge in [0.25, 0.3) is 0 Å². The lowest BCUT2D eigenvalue weighted by Gasteiger charge is -2.26. The van der Waals surface area contributed by atoms with Crippen LogP contribution in [0.15, 0.2) is 48.5 Å². The van der Waals surface area contributed by atoms with E-state index in [-0.39, 0.29) is 11.9 Å². The maximum Gasteiger partial charge on any atom is 0.247 e. The van der Waals surface area contributed by atoms with Crippen LogP contribution < -0.4 is 9.47 Å². The minimum absolute atomic E-state index is 0.0608. The van der Waals surface area contributed by atoms with E-state index in [1.54, 1.807) is 6.08 Å². The number of aryl methyl sites for hydroxylation is 1. The molecular weight excluding hydrogens is 326 g/mol. The Bertz CT molecular complexity index is 843. The molecule has 0 saturated carbocycles. The second-order valence-corrected chi connectivity index (χ2v) is 6.78. The Morgan fingerprint density at radius 2 is 1.92 bits per heavy atom. The van der Waals surface area contributed by atoms with Crippen LogP contribution in [-0.2, 0) is 4.79 Å². The van der Waals surface area contributed by atoms with Crippen LogP contribution in [0.2, 0.25) is 0 Å². The molecule has 1 unspecified atom stereocenters. The van der Waals surface area contributed by atoms with Crippen molar-refractivity contribution in [3.63, 3.8) is 0 Å². The molecule has 0 bridgehead atoms. The van der Waals surface area contributed by atoms with Crippen molar-refractivity contribution in [2.45, 2.75) is 25.8 Å². The molecule has 2 aliphatic rings. The Morgan fingerprint density at radius 1 is 1.12 bits per heavy atom. The Morgan fingerprint density at radius 3 is 2.77 bits per heavy atom. The van der Waals surface area contributed by atoms with Crippen LogP contribution in [-0.4, -0.2) is 30.6 Å². The quantitative estimate of drug-likeness (QED) is 0.782.